The molecule has 1 amide bonds. The second kappa shape index (κ2) is 7.52. The van der Waals surface area contributed by atoms with Crippen LogP contribution in [0.1, 0.15) is 28.9 Å². The van der Waals surface area contributed by atoms with Gasteiger partial charge in [-0.25, -0.2) is 9.78 Å². The molecular weight excluding hydrogens is 344 g/mol. The lowest BCUT2D eigenvalue weighted by Gasteiger charge is -2.15. The molecule has 0 radical (unpaired) electrons. The fourth-order valence-corrected chi connectivity index (χ4v) is 2.97. The summed E-state index contributed by atoms with van der Waals surface area (Å²) in [5.41, 5.74) is 2.86. The zero-order valence-corrected chi connectivity index (χ0v) is 14.4. The minimum atomic E-state index is -1.01. The molecule has 1 unspecified atom stereocenters. The maximum Gasteiger partial charge on any atom is 0.326 e. The molecule has 1 aliphatic carbocycles. The maximum absolute atomic E-state index is 12.3. The number of aromatic nitrogens is 1. The van der Waals surface area contributed by atoms with Crippen molar-refractivity contribution in [2.75, 3.05) is 7.11 Å². The van der Waals surface area contributed by atoms with Crippen LogP contribution in [0.25, 0.3) is 0 Å². The van der Waals surface area contributed by atoms with Crippen molar-refractivity contribution in [3.63, 3.8) is 0 Å². The average Bonchev–Trinajstić information content (AvgIpc) is 3.31. The van der Waals surface area contributed by atoms with Crippen molar-refractivity contribution in [1.82, 2.24) is 10.3 Å². The molecule has 3 rings (SSSR count). The van der Waals surface area contributed by atoms with Gasteiger partial charge >= 0.3 is 5.97 Å². The Morgan fingerprint density at radius 1 is 1.40 bits per heavy atom. The fourth-order valence-electron chi connectivity index (χ4n) is 2.42. The van der Waals surface area contributed by atoms with Gasteiger partial charge in [0.25, 0.3) is 5.91 Å². The molecule has 1 aromatic carbocycles. The average molecular weight is 362 g/mol. The molecule has 1 aliphatic rings. The number of amides is 1. The number of ether oxygens (including phenoxy) is 2. The molecule has 0 spiro atoms. The second-order valence-corrected chi connectivity index (χ2v) is 6.48. The second-order valence-electron chi connectivity index (χ2n) is 5.76. The summed E-state index contributed by atoms with van der Waals surface area (Å²) in [7, 11) is 1.48. The van der Waals surface area contributed by atoms with E-state index in [2.05, 4.69) is 10.3 Å². The summed E-state index contributed by atoms with van der Waals surface area (Å²) in [6.07, 6.45) is 1.65. The van der Waals surface area contributed by atoms with Gasteiger partial charge in [0.2, 0.25) is 0 Å². The molecule has 1 saturated carbocycles. The summed E-state index contributed by atoms with van der Waals surface area (Å²) in [6, 6.07) is 3.91. The van der Waals surface area contributed by atoms with Crippen LogP contribution in [0.2, 0.25) is 0 Å². The summed E-state index contributed by atoms with van der Waals surface area (Å²) < 4.78 is 10.9. The molecular formula is C17H18N2O5S. The van der Waals surface area contributed by atoms with Gasteiger partial charge in [-0.1, -0.05) is 0 Å². The third-order valence-corrected chi connectivity index (χ3v) is 4.57. The van der Waals surface area contributed by atoms with Crippen molar-refractivity contribution < 1.29 is 24.2 Å². The number of benzene rings is 1. The fraction of sp³-hybridized carbons (Fsp3) is 0.353. The monoisotopic (exact) mass is 362 g/mol. The van der Waals surface area contributed by atoms with Crippen LogP contribution >= 0.6 is 11.3 Å². The molecule has 1 atom stereocenters. The Morgan fingerprint density at radius 3 is 2.80 bits per heavy atom. The number of methoxy groups -OCH3 is 1. The molecule has 0 bridgehead atoms. The van der Waals surface area contributed by atoms with Crippen LogP contribution in [0.3, 0.4) is 0 Å². The number of carbonyl (C=O) groups excluding carboxylic acids is 1. The molecule has 2 aromatic rings. The number of thiazole rings is 1. The minimum absolute atomic E-state index is 0.0177. The molecule has 2 N–H and O–H groups in total. The van der Waals surface area contributed by atoms with Crippen molar-refractivity contribution in [2.45, 2.75) is 25.5 Å². The molecule has 25 heavy (non-hydrogen) atoms. The van der Waals surface area contributed by atoms with Crippen molar-refractivity contribution in [1.29, 1.82) is 0 Å². The largest absolute Gasteiger partial charge is 0.493 e. The van der Waals surface area contributed by atoms with E-state index in [4.69, 9.17) is 9.47 Å². The number of carbonyl (C=O) groups is 2. The molecule has 8 heteroatoms. The van der Waals surface area contributed by atoms with Gasteiger partial charge in [-0.3, -0.25) is 4.79 Å². The van der Waals surface area contributed by atoms with Gasteiger partial charge in [0, 0.05) is 10.9 Å². The highest BCUT2D eigenvalue weighted by Crippen LogP contribution is 2.33. The predicted molar refractivity (Wildman–Crippen MR) is 91.1 cm³/mol. The smallest absolute Gasteiger partial charge is 0.326 e. The zero-order valence-electron chi connectivity index (χ0n) is 13.6. The first kappa shape index (κ1) is 17.2. The molecule has 1 heterocycles. The van der Waals surface area contributed by atoms with E-state index in [0.717, 1.165) is 18.5 Å². The predicted octanol–water partition coefficient (Wildman–Crippen LogP) is 2.32. The Labute approximate surface area is 148 Å². The van der Waals surface area contributed by atoms with Gasteiger partial charge in [0.05, 0.1) is 18.3 Å². The highest BCUT2D eigenvalue weighted by molar-refractivity contribution is 7.07. The maximum atomic E-state index is 12.3. The summed E-state index contributed by atoms with van der Waals surface area (Å²) in [5.74, 6) is -0.538. The van der Waals surface area contributed by atoms with Crippen LogP contribution in [0.5, 0.6) is 11.5 Å². The minimum Gasteiger partial charge on any atom is -0.493 e. The van der Waals surface area contributed by atoms with Gasteiger partial charge in [-0.05, 0) is 37.0 Å². The molecule has 1 aromatic heterocycles. The van der Waals surface area contributed by atoms with Gasteiger partial charge < -0.3 is 19.9 Å². The number of carboxylic acids is 1. The summed E-state index contributed by atoms with van der Waals surface area (Å²) in [6.45, 7) is 0.300. The Morgan fingerprint density at radius 2 is 2.20 bits per heavy atom. The zero-order chi connectivity index (χ0) is 17.8. The topological polar surface area (TPSA) is 97.8 Å². The van der Waals surface area contributed by atoms with E-state index in [1.54, 1.807) is 17.6 Å². The Kier molecular flexibility index (Phi) is 5.18. The van der Waals surface area contributed by atoms with E-state index >= 15 is 0 Å². The van der Waals surface area contributed by atoms with Crippen molar-refractivity contribution in [2.24, 2.45) is 5.92 Å². The van der Waals surface area contributed by atoms with E-state index in [1.807, 2.05) is 5.38 Å². The summed E-state index contributed by atoms with van der Waals surface area (Å²) >= 11 is 1.48. The van der Waals surface area contributed by atoms with Crippen LogP contribution in [-0.2, 0) is 11.4 Å². The quantitative estimate of drug-likeness (QED) is 0.748. The number of hydrogen-bond donors (Lipinski definition) is 2. The molecule has 7 nitrogen and oxygen atoms in total. The Balaban J connectivity index is 1.69. The first-order valence-corrected chi connectivity index (χ1v) is 8.74. The van der Waals surface area contributed by atoms with Crippen molar-refractivity contribution >= 4 is 23.2 Å². The SMILES string of the molecule is COc1cc(C(=O)NC(C(=O)O)C2CC2)ccc1OCc1cscn1. The van der Waals surface area contributed by atoms with Gasteiger partial charge in [0.1, 0.15) is 12.6 Å². The number of hydrogen-bond acceptors (Lipinski definition) is 6. The third-order valence-electron chi connectivity index (χ3n) is 3.93. The molecule has 132 valence electrons. The molecule has 0 saturated heterocycles. The summed E-state index contributed by atoms with van der Waals surface area (Å²) in [5, 5.41) is 13.7. The lowest BCUT2D eigenvalue weighted by molar-refractivity contribution is -0.139. The normalized spacial score (nSPS) is 14.6. The lowest BCUT2D eigenvalue weighted by atomic mass is 10.1. The first-order chi connectivity index (χ1) is 12.1. The highest BCUT2D eigenvalue weighted by atomic mass is 32.1. The van der Waals surface area contributed by atoms with Crippen LogP contribution in [0, 0.1) is 5.92 Å². The standard InChI is InChI=1S/C17H18N2O5S/c1-23-14-6-11(16(20)19-15(17(21)22)10-2-3-10)4-5-13(14)24-7-12-8-25-9-18-12/h4-6,8-10,15H,2-3,7H2,1H3,(H,19,20)(H,21,22). The van der Waals surface area contributed by atoms with E-state index in [9.17, 15) is 14.7 Å². The molecule has 0 aliphatic heterocycles. The van der Waals surface area contributed by atoms with Crippen molar-refractivity contribution in [3.8, 4) is 11.5 Å². The highest BCUT2D eigenvalue weighted by Gasteiger charge is 2.37. The van der Waals surface area contributed by atoms with E-state index in [0.29, 0.717) is 23.7 Å². The molecule has 1 fully saturated rings. The van der Waals surface area contributed by atoms with E-state index < -0.39 is 17.9 Å². The van der Waals surface area contributed by atoms with Gasteiger partial charge in [0.15, 0.2) is 11.5 Å². The first-order valence-electron chi connectivity index (χ1n) is 7.80. The third kappa shape index (κ3) is 4.27. The Bertz CT molecular complexity index is 758. The van der Waals surface area contributed by atoms with E-state index in [1.165, 1.54) is 24.5 Å². The van der Waals surface area contributed by atoms with Crippen LogP contribution in [0.15, 0.2) is 29.1 Å². The van der Waals surface area contributed by atoms with Crippen LogP contribution in [0.4, 0.5) is 0 Å². The van der Waals surface area contributed by atoms with Gasteiger partial charge in [-0.15, -0.1) is 11.3 Å². The van der Waals surface area contributed by atoms with Crippen molar-refractivity contribution in [3.05, 3.63) is 40.3 Å². The number of carboxylic acid groups (broad SMARTS) is 1. The number of aliphatic carboxylic acids is 1. The lowest BCUT2D eigenvalue weighted by Crippen LogP contribution is -2.42. The summed E-state index contributed by atoms with van der Waals surface area (Å²) in [4.78, 5) is 27.7. The van der Waals surface area contributed by atoms with Gasteiger partial charge in [-0.2, -0.15) is 0 Å². The number of rotatable bonds is 8. The number of nitrogens with one attached hydrogen (secondary N) is 1. The van der Waals surface area contributed by atoms with Crippen LogP contribution in [-0.4, -0.2) is 35.1 Å². The van der Waals surface area contributed by atoms with E-state index in [-0.39, 0.29) is 5.92 Å². The number of nitrogens with zero attached hydrogens (tertiary/aromatic N) is 1. The Hall–Kier alpha value is -2.61. The van der Waals surface area contributed by atoms with Crippen LogP contribution < -0.4 is 14.8 Å².